The maximum absolute atomic E-state index is 5.76. The van der Waals surface area contributed by atoms with Gasteiger partial charge in [-0.15, -0.1) is 0 Å². The fourth-order valence-electron chi connectivity index (χ4n) is 1.56. The van der Waals surface area contributed by atoms with Crippen LogP contribution in [-0.2, 0) is 0 Å². The normalized spacial score (nSPS) is 10.1. The van der Waals surface area contributed by atoms with Gasteiger partial charge in [-0.2, -0.15) is 0 Å². The lowest BCUT2D eigenvalue weighted by atomic mass is 10.3. The average molecular weight is 261 g/mol. The van der Waals surface area contributed by atoms with Crippen LogP contribution >= 0.6 is 11.8 Å². The number of rotatable bonds is 4. The van der Waals surface area contributed by atoms with Crippen molar-refractivity contribution in [1.82, 2.24) is 0 Å². The Balaban J connectivity index is 2.28. The molecule has 0 heterocycles. The standard InChI is InChI=1S/C14H15NO2S/c1-16-11-6-7-14(13(9-11)17-2)18-12-5-3-4-10(15)8-12/h3-9H,15H2,1-2H3. The third kappa shape index (κ3) is 2.90. The van der Waals surface area contributed by atoms with Crippen LogP contribution in [-0.4, -0.2) is 14.2 Å². The van der Waals surface area contributed by atoms with Crippen molar-refractivity contribution < 1.29 is 9.47 Å². The molecule has 0 radical (unpaired) electrons. The van der Waals surface area contributed by atoms with Crippen LogP contribution in [0.25, 0.3) is 0 Å². The minimum absolute atomic E-state index is 0.757. The third-order valence-electron chi connectivity index (χ3n) is 2.46. The van der Waals surface area contributed by atoms with Gasteiger partial charge in [0.2, 0.25) is 0 Å². The summed E-state index contributed by atoms with van der Waals surface area (Å²) < 4.78 is 10.5. The molecule has 2 rings (SSSR count). The topological polar surface area (TPSA) is 44.5 Å². The predicted octanol–water partition coefficient (Wildman–Crippen LogP) is 3.44. The van der Waals surface area contributed by atoms with Crippen LogP contribution < -0.4 is 15.2 Å². The second-order valence-corrected chi connectivity index (χ2v) is 4.81. The molecule has 2 aromatic carbocycles. The zero-order chi connectivity index (χ0) is 13.0. The first-order valence-corrected chi connectivity index (χ1v) is 6.30. The summed E-state index contributed by atoms with van der Waals surface area (Å²) in [4.78, 5) is 2.11. The molecule has 3 nitrogen and oxygen atoms in total. The van der Waals surface area contributed by atoms with E-state index in [2.05, 4.69) is 0 Å². The molecule has 4 heteroatoms. The smallest absolute Gasteiger partial charge is 0.136 e. The summed E-state index contributed by atoms with van der Waals surface area (Å²) in [5.74, 6) is 1.57. The van der Waals surface area contributed by atoms with E-state index in [9.17, 15) is 0 Å². The molecule has 0 saturated heterocycles. The van der Waals surface area contributed by atoms with Crippen LogP contribution in [0.3, 0.4) is 0 Å². The molecule has 0 aliphatic heterocycles. The van der Waals surface area contributed by atoms with Gasteiger partial charge in [-0.05, 0) is 30.3 Å². The second-order valence-electron chi connectivity index (χ2n) is 3.69. The lowest BCUT2D eigenvalue weighted by molar-refractivity contribution is 0.387. The molecular weight excluding hydrogens is 246 g/mol. The minimum Gasteiger partial charge on any atom is -0.497 e. The highest BCUT2D eigenvalue weighted by Gasteiger charge is 2.07. The molecule has 0 amide bonds. The largest absolute Gasteiger partial charge is 0.497 e. The van der Waals surface area contributed by atoms with Crippen LogP contribution in [0.5, 0.6) is 11.5 Å². The molecule has 0 aliphatic carbocycles. The Kier molecular flexibility index (Phi) is 3.99. The first kappa shape index (κ1) is 12.6. The lowest BCUT2D eigenvalue weighted by Gasteiger charge is -2.10. The summed E-state index contributed by atoms with van der Waals surface area (Å²) in [6.07, 6.45) is 0. The summed E-state index contributed by atoms with van der Waals surface area (Å²) in [5, 5.41) is 0. The van der Waals surface area contributed by atoms with E-state index in [4.69, 9.17) is 15.2 Å². The summed E-state index contributed by atoms with van der Waals surface area (Å²) in [6, 6.07) is 13.5. The Morgan fingerprint density at radius 3 is 2.50 bits per heavy atom. The Hall–Kier alpha value is -1.81. The molecule has 94 valence electrons. The fourth-order valence-corrected chi connectivity index (χ4v) is 2.54. The van der Waals surface area contributed by atoms with E-state index in [1.807, 2.05) is 42.5 Å². The molecule has 0 spiro atoms. The first-order chi connectivity index (χ1) is 8.72. The molecule has 18 heavy (non-hydrogen) atoms. The Morgan fingerprint density at radius 1 is 1.00 bits per heavy atom. The van der Waals surface area contributed by atoms with Crippen molar-refractivity contribution in [2.45, 2.75) is 9.79 Å². The van der Waals surface area contributed by atoms with Crippen molar-refractivity contribution in [3.63, 3.8) is 0 Å². The summed E-state index contributed by atoms with van der Waals surface area (Å²) >= 11 is 1.61. The van der Waals surface area contributed by atoms with E-state index in [1.165, 1.54) is 0 Å². The van der Waals surface area contributed by atoms with Crippen LogP contribution in [0, 0.1) is 0 Å². The first-order valence-electron chi connectivity index (χ1n) is 5.48. The van der Waals surface area contributed by atoms with E-state index in [-0.39, 0.29) is 0 Å². The SMILES string of the molecule is COc1ccc(Sc2cccc(N)c2)c(OC)c1. The maximum Gasteiger partial charge on any atom is 0.136 e. The van der Waals surface area contributed by atoms with Crippen molar-refractivity contribution >= 4 is 17.4 Å². The van der Waals surface area contributed by atoms with Gasteiger partial charge >= 0.3 is 0 Å². The summed E-state index contributed by atoms with van der Waals surface area (Å²) in [5.41, 5.74) is 6.52. The Labute approximate surface area is 111 Å². The number of nitrogen functional groups attached to an aromatic ring is 1. The summed E-state index contributed by atoms with van der Waals surface area (Å²) in [7, 11) is 3.29. The highest BCUT2D eigenvalue weighted by Crippen LogP contribution is 2.37. The molecule has 0 atom stereocenters. The molecule has 0 unspecified atom stereocenters. The molecule has 0 aromatic heterocycles. The van der Waals surface area contributed by atoms with Crippen molar-refractivity contribution in [2.75, 3.05) is 20.0 Å². The molecule has 2 aromatic rings. The number of ether oxygens (including phenoxy) is 2. The van der Waals surface area contributed by atoms with Gasteiger partial charge in [-0.1, -0.05) is 17.8 Å². The predicted molar refractivity (Wildman–Crippen MR) is 74.5 cm³/mol. The zero-order valence-electron chi connectivity index (χ0n) is 10.3. The van der Waals surface area contributed by atoms with Crippen LogP contribution in [0.15, 0.2) is 52.3 Å². The minimum atomic E-state index is 0.757. The van der Waals surface area contributed by atoms with Crippen molar-refractivity contribution in [3.8, 4) is 11.5 Å². The third-order valence-corrected chi connectivity index (χ3v) is 3.50. The summed E-state index contributed by atoms with van der Waals surface area (Å²) in [6.45, 7) is 0. The van der Waals surface area contributed by atoms with Crippen LogP contribution in [0.2, 0.25) is 0 Å². The monoisotopic (exact) mass is 261 g/mol. The van der Waals surface area contributed by atoms with E-state index < -0.39 is 0 Å². The van der Waals surface area contributed by atoms with Gasteiger partial charge in [0.25, 0.3) is 0 Å². The van der Waals surface area contributed by atoms with Gasteiger partial charge in [-0.3, -0.25) is 0 Å². The quantitative estimate of drug-likeness (QED) is 0.856. The van der Waals surface area contributed by atoms with Gasteiger partial charge in [0.05, 0.1) is 19.1 Å². The Morgan fingerprint density at radius 2 is 1.83 bits per heavy atom. The van der Waals surface area contributed by atoms with Crippen molar-refractivity contribution in [1.29, 1.82) is 0 Å². The number of anilines is 1. The van der Waals surface area contributed by atoms with E-state index in [0.29, 0.717) is 0 Å². The van der Waals surface area contributed by atoms with E-state index in [1.54, 1.807) is 26.0 Å². The van der Waals surface area contributed by atoms with Crippen LogP contribution in [0.4, 0.5) is 5.69 Å². The number of benzene rings is 2. The zero-order valence-corrected chi connectivity index (χ0v) is 11.2. The highest BCUT2D eigenvalue weighted by atomic mass is 32.2. The highest BCUT2D eigenvalue weighted by molar-refractivity contribution is 7.99. The number of nitrogens with two attached hydrogens (primary N) is 1. The number of methoxy groups -OCH3 is 2. The maximum atomic E-state index is 5.76. The second kappa shape index (κ2) is 5.69. The molecule has 2 N–H and O–H groups in total. The van der Waals surface area contributed by atoms with Gasteiger partial charge in [-0.25, -0.2) is 0 Å². The number of hydrogen-bond donors (Lipinski definition) is 1. The Bertz CT molecular complexity index is 543. The molecule has 0 saturated carbocycles. The fraction of sp³-hybridized carbons (Fsp3) is 0.143. The molecule has 0 aliphatic rings. The lowest BCUT2D eigenvalue weighted by Crippen LogP contribution is -1.89. The molecular formula is C14H15NO2S. The molecule has 0 bridgehead atoms. The number of hydrogen-bond acceptors (Lipinski definition) is 4. The van der Waals surface area contributed by atoms with Gasteiger partial charge in [0, 0.05) is 16.6 Å². The van der Waals surface area contributed by atoms with Crippen LogP contribution in [0.1, 0.15) is 0 Å². The van der Waals surface area contributed by atoms with Gasteiger partial charge in [0.15, 0.2) is 0 Å². The van der Waals surface area contributed by atoms with E-state index >= 15 is 0 Å². The van der Waals surface area contributed by atoms with Crippen molar-refractivity contribution in [2.24, 2.45) is 0 Å². The van der Waals surface area contributed by atoms with Gasteiger partial charge in [0.1, 0.15) is 11.5 Å². The molecule has 0 fully saturated rings. The van der Waals surface area contributed by atoms with E-state index in [0.717, 1.165) is 27.0 Å². The van der Waals surface area contributed by atoms with Crippen molar-refractivity contribution in [3.05, 3.63) is 42.5 Å². The van der Waals surface area contributed by atoms with Gasteiger partial charge < -0.3 is 15.2 Å². The average Bonchev–Trinajstić information content (AvgIpc) is 2.39.